The summed E-state index contributed by atoms with van der Waals surface area (Å²) in [6.45, 7) is 10.6. The van der Waals surface area contributed by atoms with Gasteiger partial charge in [0.1, 0.15) is 21.9 Å². The quantitative estimate of drug-likeness (QED) is 0.445. The molecule has 0 amide bonds. The van der Waals surface area contributed by atoms with E-state index in [1.54, 1.807) is 12.5 Å². The van der Waals surface area contributed by atoms with Crippen molar-refractivity contribution in [1.82, 2.24) is 29.0 Å². The molecule has 1 aromatic carbocycles. The third-order valence-electron chi connectivity index (χ3n) is 6.13. The zero-order chi connectivity index (χ0) is 23.1. The number of rotatable bonds is 6. The number of hydrogen-bond acceptors (Lipinski definition) is 5. The van der Waals surface area contributed by atoms with Gasteiger partial charge in [-0.15, -0.1) is 0 Å². The van der Waals surface area contributed by atoms with Gasteiger partial charge in [-0.2, -0.15) is 5.10 Å². The maximum absolute atomic E-state index is 13.5. The number of benzene rings is 1. The molecule has 3 aromatic heterocycles. The number of fused-ring (bicyclic) bond motifs is 1. The average molecular weight is 461 g/mol. The fourth-order valence-electron chi connectivity index (χ4n) is 4.27. The largest absolute Gasteiger partial charge is 0.346 e. The van der Waals surface area contributed by atoms with Crippen molar-refractivity contribution in [2.45, 2.75) is 18.5 Å². The molecule has 1 aliphatic rings. The Balaban J connectivity index is 1.41. The minimum absolute atomic E-state index is 0.183. The van der Waals surface area contributed by atoms with Crippen LogP contribution in [-0.2, 0) is 15.5 Å². The van der Waals surface area contributed by atoms with Crippen LogP contribution >= 0.6 is 0 Å². The van der Waals surface area contributed by atoms with E-state index in [9.17, 15) is 4.21 Å². The van der Waals surface area contributed by atoms with Gasteiger partial charge in [-0.3, -0.25) is 4.68 Å². The highest BCUT2D eigenvalue weighted by Gasteiger charge is 2.51. The second-order valence-electron chi connectivity index (χ2n) is 8.43. The van der Waals surface area contributed by atoms with Crippen molar-refractivity contribution in [2.75, 3.05) is 25.9 Å². The molecule has 168 valence electrons. The number of H-pyrrole nitrogens is 1. The molecule has 0 unspecified atom stereocenters. The van der Waals surface area contributed by atoms with E-state index in [2.05, 4.69) is 29.3 Å². The van der Waals surface area contributed by atoms with E-state index < -0.39 is 15.5 Å². The number of aromatic nitrogens is 5. The summed E-state index contributed by atoms with van der Waals surface area (Å²) in [6, 6.07) is 11.6. The molecular formula is C23H24N8OS. The summed E-state index contributed by atoms with van der Waals surface area (Å²) < 4.78 is 21.8. The minimum Gasteiger partial charge on any atom is -0.346 e. The fraction of sp³-hybridized carbons (Fsp3) is 0.304. The Morgan fingerprint density at radius 2 is 2.06 bits per heavy atom. The molecule has 1 N–H and O–H groups in total. The van der Waals surface area contributed by atoms with Crippen LogP contribution in [0.3, 0.4) is 0 Å². The van der Waals surface area contributed by atoms with Gasteiger partial charge in [0, 0.05) is 42.7 Å². The predicted molar refractivity (Wildman–Crippen MR) is 127 cm³/mol. The molecule has 1 saturated heterocycles. The van der Waals surface area contributed by atoms with E-state index in [0.29, 0.717) is 13.1 Å². The molecule has 0 aliphatic carbocycles. The van der Waals surface area contributed by atoms with Crippen molar-refractivity contribution >= 4 is 20.9 Å². The fourth-order valence-corrected chi connectivity index (χ4v) is 6.08. The third-order valence-corrected chi connectivity index (χ3v) is 8.05. The first-order chi connectivity index (χ1) is 15.9. The van der Waals surface area contributed by atoms with Crippen LogP contribution in [0.4, 0.5) is 0 Å². The summed E-state index contributed by atoms with van der Waals surface area (Å²) >= 11 is 0. The average Bonchev–Trinajstić information content (AvgIpc) is 3.46. The summed E-state index contributed by atoms with van der Waals surface area (Å²) in [5, 5.41) is 5.49. The first kappa shape index (κ1) is 21.3. The van der Waals surface area contributed by atoms with E-state index >= 15 is 0 Å². The lowest BCUT2D eigenvalue weighted by molar-refractivity contribution is 0.0870. The summed E-state index contributed by atoms with van der Waals surface area (Å²) in [5.41, 5.74) is 2.88. The third kappa shape index (κ3) is 3.79. The lowest BCUT2D eigenvalue weighted by Gasteiger charge is -2.46. The van der Waals surface area contributed by atoms with Gasteiger partial charge in [-0.1, -0.05) is 30.3 Å². The highest BCUT2D eigenvalue weighted by molar-refractivity contribution is 7.90. The second kappa shape index (κ2) is 8.10. The van der Waals surface area contributed by atoms with Crippen molar-refractivity contribution in [2.24, 2.45) is 4.36 Å². The topological polar surface area (TPSA) is 96.4 Å². The molecule has 1 aliphatic heterocycles. The summed E-state index contributed by atoms with van der Waals surface area (Å²) in [7, 11) is -2.60. The number of nitrogens with one attached hydrogen (secondary N) is 1. The molecule has 10 heteroatoms. The second-order valence-corrected chi connectivity index (χ2v) is 10.7. The van der Waals surface area contributed by atoms with Gasteiger partial charge in [-0.05, 0) is 18.6 Å². The van der Waals surface area contributed by atoms with Crippen LogP contribution in [0.5, 0.6) is 0 Å². The van der Waals surface area contributed by atoms with Crippen LogP contribution in [0, 0.1) is 6.57 Å². The van der Waals surface area contributed by atoms with Gasteiger partial charge < -0.3 is 9.83 Å². The predicted octanol–water partition coefficient (Wildman–Crippen LogP) is 3.53. The van der Waals surface area contributed by atoms with Gasteiger partial charge in [0.15, 0.2) is 5.54 Å². The van der Waals surface area contributed by atoms with Crippen LogP contribution in [0.2, 0.25) is 0 Å². The Morgan fingerprint density at radius 1 is 1.27 bits per heavy atom. The Bertz CT molecular complexity index is 1450. The highest BCUT2D eigenvalue weighted by atomic mass is 32.2. The molecule has 33 heavy (non-hydrogen) atoms. The molecule has 0 spiro atoms. The van der Waals surface area contributed by atoms with Crippen molar-refractivity contribution in [1.29, 1.82) is 0 Å². The molecule has 4 aromatic rings. The Kier molecular flexibility index (Phi) is 5.23. The summed E-state index contributed by atoms with van der Waals surface area (Å²) in [6.07, 6.45) is 8.70. The molecule has 0 radical (unpaired) electrons. The first-order valence-corrected chi connectivity index (χ1v) is 12.5. The zero-order valence-corrected chi connectivity index (χ0v) is 19.2. The summed E-state index contributed by atoms with van der Waals surface area (Å²) in [4.78, 5) is 15.4. The van der Waals surface area contributed by atoms with Crippen molar-refractivity contribution in [3.63, 3.8) is 0 Å². The standard InChI is InChI=1S/C23H24N8OS/c1-17(18-7-5-4-6-8-18)29-33(3,32)30-14-23(15-30,13-24-2)31-12-19(11-28-31)21-20-9-10-25-22(20)27-16-26-21/h4-12,16-17H,13-15H2,1,3H3,(H,25,26,27)/t17-,33-/m1/s1. The molecule has 9 nitrogen and oxygen atoms in total. The molecule has 4 heterocycles. The molecular weight excluding hydrogens is 436 g/mol. The van der Waals surface area contributed by atoms with Crippen LogP contribution in [0.15, 0.2) is 65.7 Å². The summed E-state index contributed by atoms with van der Waals surface area (Å²) in [5.74, 6) is 0. The van der Waals surface area contributed by atoms with E-state index in [4.69, 9.17) is 6.57 Å². The number of hydrogen-bond donors (Lipinski definition) is 1. The van der Waals surface area contributed by atoms with E-state index in [0.717, 1.165) is 27.9 Å². The normalized spacial score (nSPS) is 18.2. The van der Waals surface area contributed by atoms with E-state index in [-0.39, 0.29) is 12.6 Å². The lowest BCUT2D eigenvalue weighted by atomic mass is 9.92. The number of aromatic amines is 1. The van der Waals surface area contributed by atoms with Crippen molar-refractivity contribution in [3.05, 3.63) is 78.3 Å². The van der Waals surface area contributed by atoms with Gasteiger partial charge in [0.05, 0.1) is 17.9 Å². The Labute approximate surface area is 192 Å². The zero-order valence-electron chi connectivity index (χ0n) is 18.4. The van der Waals surface area contributed by atoms with Crippen LogP contribution in [-0.4, -0.2) is 59.1 Å². The smallest absolute Gasteiger partial charge is 0.242 e. The van der Waals surface area contributed by atoms with E-state index in [1.165, 1.54) is 6.33 Å². The first-order valence-electron chi connectivity index (χ1n) is 10.6. The van der Waals surface area contributed by atoms with Crippen molar-refractivity contribution < 1.29 is 4.21 Å². The molecule has 0 bridgehead atoms. The molecule has 2 atom stereocenters. The molecule has 1 fully saturated rings. The van der Waals surface area contributed by atoms with E-state index in [1.807, 2.05) is 64.7 Å². The van der Waals surface area contributed by atoms with Crippen LogP contribution in [0.25, 0.3) is 27.1 Å². The van der Waals surface area contributed by atoms with Crippen molar-refractivity contribution in [3.8, 4) is 11.3 Å². The van der Waals surface area contributed by atoms with Gasteiger partial charge >= 0.3 is 0 Å². The minimum atomic E-state index is -2.60. The van der Waals surface area contributed by atoms with Crippen LogP contribution < -0.4 is 0 Å². The number of nitrogens with zero attached hydrogens (tertiary/aromatic N) is 7. The van der Waals surface area contributed by atoms with Crippen LogP contribution in [0.1, 0.15) is 18.5 Å². The van der Waals surface area contributed by atoms with Gasteiger partial charge in [-0.25, -0.2) is 29.4 Å². The van der Waals surface area contributed by atoms with Gasteiger partial charge in [0.2, 0.25) is 6.54 Å². The molecule has 0 saturated carbocycles. The Morgan fingerprint density at radius 3 is 2.82 bits per heavy atom. The molecule has 5 rings (SSSR count). The monoisotopic (exact) mass is 460 g/mol. The highest BCUT2D eigenvalue weighted by Crippen LogP contribution is 2.35. The van der Waals surface area contributed by atoms with Gasteiger partial charge in [0.25, 0.3) is 0 Å². The maximum Gasteiger partial charge on any atom is 0.242 e. The Hall–Kier alpha value is -3.55. The lowest BCUT2D eigenvalue weighted by Crippen LogP contribution is -2.65. The SMILES string of the molecule is [C-]#[N+]CC1(n2cc(-c3ncnc4[nH]ccc34)cn2)CN([S@](C)(=O)=N[C@H](C)c2ccccc2)C1. The maximum atomic E-state index is 13.5.